The summed E-state index contributed by atoms with van der Waals surface area (Å²) in [6.07, 6.45) is 2.62. The summed E-state index contributed by atoms with van der Waals surface area (Å²) >= 11 is 0. The molecule has 0 saturated carbocycles. The van der Waals surface area contributed by atoms with Crippen LogP contribution in [-0.4, -0.2) is 0 Å². The Hall–Kier alpha value is -1.96. The van der Waals surface area contributed by atoms with Crippen LogP contribution in [0.5, 0.6) is 0 Å². The molecule has 0 saturated heterocycles. The smallest absolute Gasteiger partial charge is 0.166 e. The largest absolute Gasteiger partial charge is 0.204 e. The number of allylic oxidation sites excluding steroid dienone is 1. The molecule has 0 heterocycles. The molecule has 0 atom stereocenters. The lowest BCUT2D eigenvalue weighted by Gasteiger charge is -2.09. The molecule has 0 fully saturated rings. The Labute approximate surface area is 105 Å². The summed E-state index contributed by atoms with van der Waals surface area (Å²) in [6.45, 7) is 1.99. The monoisotopic (exact) mass is 242 g/mol. The van der Waals surface area contributed by atoms with Crippen LogP contribution in [0.15, 0.2) is 42.5 Å². The molecule has 0 amide bonds. The molecule has 1 aliphatic carbocycles. The molecule has 0 radical (unpaired) electrons. The average molecular weight is 242 g/mol. The first-order chi connectivity index (χ1) is 8.66. The minimum Gasteiger partial charge on any atom is -0.204 e. The summed E-state index contributed by atoms with van der Waals surface area (Å²) in [6, 6.07) is 10.7. The fourth-order valence-corrected chi connectivity index (χ4v) is 2.44. The van der Waals surface area contributed by atoms with Gasteiger partial charge in [0.1, 0.15) is 0 Å². The van der Waals surface area contributed by atoms with Gasteiger partial charge in [-0.3, -0.25) is 0 Å². The van der Waals surface area contributed by atoms with E-state index in [0.29, 0.717) is 12.0 Å². The van der Waals surface area contributed by atoms with Crippen LogP contribution in [0, 0.1) is 18.6 Å². The summed E-state index contributed by atoms with van der Waals surface area (Å²) in [7, 11) is 0. The van der Waals surface area contributed by atoms with Crippen LogP contribution in [0.25, 0.3) is 5.57 Å². The number of halogens is 2. The number of fused-ring (bicyclic) bond motifs is 1. The Morgan fingerprint density at radius 1 is 1.06 bits per heavy atom. The van der Waals surface area contributed by atoms with Crippen molar-refractivity contribution in [3.63, 3.8) is 0 Å². The second kappa shape index (κ2) is 4.05. The van der Waals surface area contributed by atoms with Gasteiger partial charge in [0, 0.05) is 5.56 Å². The van der Waals surface area contributed by atoms with E-state index in [0.717, 1.165) is 22.3 Å². The van der Waals surface area contributed by atoms with Crippen molar-refractivity contribution in [2.24, 2.45) is 0 Å². The number of aryl methyl sites for hydroxylation is 1. The van der Waals surface area contributed by atoms with E-state index in [1.165, 1.54) is 6.07 Å². The van der Waals surface area contributed by atoms with Gasteiger partial charge in [0.05, 0.1) is 0 Å². The van der Waals surface area contributed by atoms with Crippen LogP contribution in [0.3, 0.4) is 0 Å². The SMILES string of the molecule is Cc1cccc(C2=CCc3ccc(F)c(F)c32)c1. The first-order valence-corrected chi connectivity index (χ1v) is 5.91. The summed E-state index contributed by atoms with van der Waals surface area (Å²) < 4.78 is 27.3. The lowest BCUT2D eigenvalue weighted by molar-refractivity contribution is 0.506. The summed E-state index contributed by atoms with van der Waals surface area (Å²) in [5.41, 5.74) is 4.12. The first kappa shape index (κ1) is 11.1. The summed E-state index contributed by atoms with van der Waals surface area (Å²) in [5.74, 6) is -1.52. The predicted octanol–water partition coefficient (Wildman–Crippen LogP) is 4.26. The molecule has 2 aromatic carbocycles. The Balaban J connectivity index is 2.18. The molecule has 0 bridgehead atoms. The van der Waals surface area contributed by atoms with E-state index in [1.54, 1.807) is 6.07 Å². The molecule has 1 aliphatic rings. The number of rotatable bonds is 1. The molecular weight excluding hydrogens is 230 g/mol. The summed E-state index contributed by atoms with van der Waals surface area (Å²) in [5, 5.41) is 0. The normalized spacial score (nSPS) is 13.4. The van der Waals surface area contributed by atoms with Crippen molar-refractivity contribution >= 4 is 5.57 Å². The Morgan fingerprint density at radius 2 is 1.89 bits per heavy atom. The van der Waals surface area contributed by atoms with Crippen LogP contribution in [0.2, 0.25) is 0 Å². The molecule has 0 N–H and O–H groups in total. The van der Waals surface area contributed by atoms with Gasteiger partial charge in [-0.1, -0.05) is 42.0 Å². The van der Waals surface area contributed by atoms with Gasteiger partial charge in [-0.25, -0.2) is 8.78 Å². The van der Waals surface area contributed by atoms with E-state index in [2.05, 4.69) is 0 Å². The first-order valence-electron chi connectivity index (χ1n) is 5.91. The highest BCUT2D eigenvalue weighted by Crippen LogP contribution is 2.35. The minimum atomic E-state index is -0.783. The lowest BCUT2D eigenvalue weighted by Crippen LogP contribution is -1.96. The van der Waals surface area contributed by atoms with E-state index in [4.69, 9.17) is 0 Å². The molecule has 2 heteroatoms. The van der Waals surface area contributed by atoms with Gasteiger partial charge in [-0.05, 0) is 36.1 Å². The fraction of sp³-hybridized carbons (Fsp3) is 0.125. The molecule has 2 aromatic rings. The Kier molecular flexibility index (Phi) is 2.51. The third kappa shape index (κ3) is 1.65. The van der Waals surface area contributed by atoms with E-state index in [-0.39, 0.29) is 0 Å². The maximum Gasteiger partial charge on any atom is 0.166 e. The summed E-state index contributed by atoms with van der Waals surface area (Å²) in [4.78, 5) is 0. The average Bonchev–Trinajstić information content (AvgIpc) is 2.78. The maximum atomic E-state index is 13.9. The maximum absolute atomic E-state index is 13.9. The van der Waals surface area contributed by atoms with Crippen molar-refractivity contribution in [2.45, 2.75) is 13.3 Å². The standard InChI is InChI=1S/C16H12F2/c1-10-3-2-4-12(9-10)13-7-5-11-6-8-14(17)16(18)15(11)13/h2-4,6-9H,5H2,1H3. The molecule has 18 heavy (non-hydrogen) atoms. The van der Waals surface area contributed by atoms with Gasteiger partial charge < -0.3 is 0 Å². The van der Waals surface area contributed by atoms with Crippen molar-refractivity contribution in [1.29, 1.82) is 0 Å². The number of hydrogen-bond acceptors (Lipinski definition) is 0. The van der Waals surface area contributed by atoms with E-state index in [9.17, 15) is 8.78 Å². The van der Waals surface area contributed by atoms with Gasteiger partial charge in [-0.15, -0.1) is 0 Å². The van der Waals surface area contributed by atoms with Gasteiger partial charge >= 0.3 is 0 Å². The van der Waals surface area contributed by atoms with Gasteiger partial charge in [0.25, 0.3) is 0 Å². The third-order valence-electron chi connectivity index (χ3n) is 3.31. The Morgan fingerprint density at radius 3 is 2.67 bits per heavy atom. The second-order valence-corrected chi connectivity index (χ2v) is 4.59. The van der Waals surface area contributed by atoms with Crippen molar-refractivity contribution in [3.05, 3.63) is 76.4 Å². The zero-order chi connectivity index (χ0) is 12.7. The van der Waals surface area contributed by atoms with Crippen molar-refractivity contribution in [2.75, 3.05) is 0 Å². The highest BCUT2D eigenvalue weighted by Gasteiger charge is 2.22. The topological polar surface area (TPSA) is 0 Å². The molecule has 0 aromatic heterocycles. The van der Waals surface area contributed by atoms with Crippen molar-refractivity contribution < 1.29 is 8.78 Å². The number of hydrogen-bond donors (Lipinski definition) is 0. The molecule has 0 aliphatic heterocycles. The van der Waals surface area contributed by atoms with E-state index in [1.807, 2.05) is 37.3 Å². The highest BCUT2D eigenvalue weighted by molar-refractivity contribution is 5.85. The molecule has 3 rings (SSSR count). The Bertz CT molecular complexity index is 654. The third-order valence-corrected chi connectivity index (χ3v) is 3.31. The van der Waals surface area contributed by atoms with Gasteiger partial charge in [0.2, 0.25) is 0 Å². The van der Waals surface area contributed by atoms with Crippen LogP contribution in [-0.2, 0) is 6.42 Å². The molecular formula is C16H12F2. The van der Waals surface area contributed by atoms with Crippen LogP contribution in [0.4, 0.5) is 8.78 Å². The van der Waals surface area contributed by atoms with Crippen LogP contribution in [0.1, 0.15) is 22.3 Å². The predicted molar refractivity (Wildman–Crippen MR) is 68.3 cm³/mol. The number of benzene rings is 2. The molecule has 0 unspecified atom stereocenters. The lowest BCUT2D eigenvalue weighted by atomic mass is 9.97. The van der Waals surface area contributed by atoms with Gasteiger partial charge in [-0.2, -0.15) is 0 Å². The second-order valence-electron chi connectivity index (χ2n) is 4.59. The minimum absolute atomic E-state index is 0.417. The molecule has 0 nitrogen and oxygen atoms in total. The van der Waals surface area contributed by atoms with Gasteiger partial charge in [0.15, 0.2) is 11.6 Å². The van der Waals surface area contributed by atoms with Crippen molar-refractivity contribution in [3.8, 4) is 0 Å². The van der Waals surface area contributed by atoms with Crippen LogP contribution >= 0.6 is 0 Å². The van der Waals surface area contributed by atoms with Crippen LogP contribution < -0.4 is 0 Å². The quantitative estimate of drug-likeness (QED) is 0.701. The fourth-order valence-electron chi connectivity index (χ4n) is 2.44. The van der Waals surface area contributed by atoms with E-state index >= 15 is 0 Å². The molecule has 0 spiro atoms. The zero-order valence-electron chi connectivity index (χ0n) is 10.0. The van der Waals surface area contributed by atoms with E-state index < -0.39 is 11.6 Å². The zero-order valence-corrected chi connectivity index (χ0v) is 10.0. The molecule has 90 valence electrons. The highest BCUT2D eigenvalue weighted by atomic mass is 19.2. The van der Waals surface area contributed by atoms with Crippen molar-refractivity contribution in [1.82, 2.24) is 0 Å².